The van der Waals surface area contributed by atoms with Crippen LogP contribution in [0.25, 0.3) is 0 Å². The number of carbonyl (C=O) groups excluding carboxylic acids is 2. The fourth-order valence-electron chi connectivity index (χ4n) is 1.96. The summed E-state index contributed by atoms with van der Waals surface area (Å²) in [6.07, 6.45) is 0. The highest BCUT2D eigenvalue weighted by Gasteiger charge is 2.19. The molecule has 0 spiro atoms. The Labute approximate surface area is 132 Å². The van der Waals surface area contributed by atoms with Crippen molar-refractivity contribution < 1.29 is 19.1 Å². The van der Waals surface area contributed by atoms with Crippen LogP contribution in [0.1, 0.15) is 45.0 Å². The molecule has 0 atom stereocenters. The molecule has 0 aliphatic carbocycles. The van der Waals surface area contributed by atoms with Gasteiger partial charge in [0.15, 0.2) is 0 Å². The van der Waals surface area contributed by atoms with Crippen molar-refractivity contribution in [3.63, 3.8) is 0 Å². The number of ether oxygens (including phenoxy) is 2. The third kappa shape index (κ3) is 5.76. The zero-order valence-electron chi connectivity index (χ0n) is 14.0. The van der Waals surface area contributed by atoms with E-state index in [1.165, 1.54) is 0 Å². The molecule has 0 saturated carbocycles. The average molecular weight is 307 g/mol. The van der Waals surface area contributed by atoms with E-state index in [1.54, 1.807) is 25.1 Å². The predicted octanol–water partition coefficient (Wildman–Crippen LogP) is 3.03. The highest BCUT2D eigenvalue weighted by atomic mass is 16.6. The molecule has 0 heterocycles. The lowest BCUT2D eigenvalue weighted by atomic mass is 10.2. The van der Waals surface area contributed by atoms with Gasteiger partial charge in [0.25, 0.3) is 0 Å². The molecule has 0 bridgehead atoms. The number of hydrogen-bond acceptors (Lipinski definition) is 5. The maximum absolute atomic E-state index is 12.0. The van der Waals surface area contributed by atoms with E-state index in [1.807, 2.05) is 38.7 Å². The molecule has 5 nitrogen and oxygen atoms in total. The van der Waals surface area contributed by atoms with Crippen molar-refractivity contribution in [1.29, 1.82) is 0 Å². The van der Waals surface area contributed by atoms with Crippen LogP contribution in [-0.2, 0) is 14.3 Å². The maximum atomic E-state index is 12.0. The lowest BCUT2D eigenvalue weighted by Gasteiger charge is -2.25. The molecule has 0 fully saturated rings. The first-order chi connectivity index (χ1) is 10.3. The van der Waals surface area contributed by atoms with E-state index in [4.69, 9.17) is 9.47 Å². The van der Waals surface area contributed by atoms with Gasteiger partial charge in [-0.05, 0) is 52.8 Å². The van der Waals surface area contributed by atoms with Crippen LogP contribution in [0.5, 0.6) is 0 Å². The second-order valence-electron chi connectivity index (χ2n) is 5.87. The number of hydrogen-bond donors (Lipinski definition) is 0. The van der Waals surface area contributed by atoms with Crippen LogP contribution in [0.4, 0.5) is 5.69 Å². The second kappa shape index (κ2) is 7.82. The van der Waals surface area contributed by atoms with Gasteiger partial charge in [0.1, 0.15) is 12.1 Å². The Kier molecular flexibility index (Phi) is 6.40. The molecule has 22 heavy (non-hydrogen) atoms. The van der Waals surface area contributed by atoms with Gasteiger partial charge in [0.2, 0.25) is 0 Å². The minimum atomic E-state index is -0.511. The predicted molar refractivity (Wildman–Crippen MR) is 86.1 cm³/mol. The van der Waals surface area contributed by atoms with E-state index in [0.717, 1.165) is 5.69 Å². The van der Waals surface area contributed by atoms with Crippen molar-refractivity contribution in [3.05, 3.63) is 29.8 Å². The third-order valence-corrected chi connectivity index (χ3v) is 2.84. The Morgan fingerprint density at radius 2 is 1.86 bits per heavy atom. The van der Waals surface area contributed by atoms with Crippen LogP contribution in [0.15, 0.2) is 24.3 Å². The van der Waals surface area contributed by atoms with Gasteiger partial charge in [-0.1, -0.05) is 6.07 Å². The molecule has 1 rings (SSSR count). The molecular weight excluding hydrogens is 282 g/mol. The highest BCUT2D eigenvalue weighted by Crippen LogP contribution is 2.17. The molecule has 0 aliphatic heterocycles. The fourth-order valence-corrected chi connectivity index (χ4v) is 1.96. The SMILES string of the molecule is CCOC(=O)c1cccc(N(CC)CC(=O)OC(C)(C)C)c1. The third-order valence-electron chi connectivity index (χ3n) is 2.84. The molecule has 1 aromatic rings. The minimum absolute atomic E-state index is 0.139. The first-order valence-electron chi connectivity index (χ1n) is 7.50. The Morgan fingerprint density at radius 3 is 2.41 bits per heavy atom. The van der Waals surface area contributed by atoms with E-state index in [2.05, 4.69) is 0 Å². The molecule has 122 valence electrons. The molecule has 0 aliphatic rings. The summed E-state index contributed by atoms with van der Waals surface area (Å²) < 4.78 is 10.3. The van der Waals surface area contributed by atoms with Crippen LogP contribution < -0.4 is 4.90 Å². The van der Waals surface area contributed by atoms with Gasteiger partial charge in [-0.2, -0.15) is 0 Å². The van der Waals surface area contributed by atoms with E-state index < -0.39 is 5.60 Å². The van der Waals surface area contributed by atoms with Gasteiger partial charge >= 0.3 is 11.9 Å². The summed E-state index contributed by atoms with van der Waals surface area (Å²) in [7, 11) is 0. The monoisotopic (exact) mass is 307 g/mol. The number of anilines is 1. The molecular formula is C17H25NO4. The smallest absolute Gasteiger partial charge is 0.338 e. The topological polar surface area (TPSA) is 55.8 Å². The van der Waals surface area contributed by atoms with E-state index in [-0.39, 0.29) is 18.5 Å². The highest BCUT2D eigenvalue weighted by molar-refractivity contribution is 5.90. The lowest BCUT2D eigenvalue weighted by molar-refractivity contribution is -0.153. The van der Waals surface area contributed by atoms with Crippen LogP contribution >= 0.6 is 0 Å². The van der Waals surface area contributed by atoms with Crippen LogP contribution in [0, 0.1) is 0 Å². The summed E-state index contributed by atoms with van der Waals surface area (Å²) in [5, 5.41) is 0. The van der Waals surface area contributed by atoms with Gasteiger partial charge in [-0.25, -0.2) is 4.79 Å². The Hall–Kier alpha value is -2.04. The summed E-state index contributed by atoms with van der Waals surface area (Å²) in [5.74, 6) is -0.659. The Bertz CT molecular complexity index is 520. The van der Waals surface area contributed by atoms with Gasteiger partial charge < -0.3 is 14.4 Å². The van der Waals surface area contributed by atoms with Crippen LogP contribution in [-0.4, -0.2) is 37.2 Å². The number of carbonyl (C=O) groups is 2. The van der Waals surface area contributed by atoms with Crippen molar-refractivity contribution in [2.75, 3.05) is 24.6 Å². The molecule has 0 saturated heterocycles. The number of esters is 2. The number of nitrogens with zero attached hydrogens (tertiary/aromatic N) is 1. The minimum Gasteiger partial charge on any atom is -0.462 e. The molecule has 0 amide bonds. The molecule has 0 aromatic heterocycles. The fraction of sp³-hybridized carbons (Fsp3) is 0.529. The summed E-state index contributed by atoms with van der Waals surface area (Å²) >= 11 is 0. The Morgan fingerprint density at radius 1 is 1.18 bits per heavy atom. The van der Waals surface area contributed by atoms with E-state index >= 15 is 0 Å². The summed E-state index contributed by atoms with van der Waals surface area (Å²) in [6, 6.07) is 7.06. The number of rotatable bonds is 6. The summed E-state index contributed by atoms with van der Waals surface area (Å²) in [4.78, 5) is 25.6. The number of likely N-dealkylation sites (N-methyl/N-ethyl adjacent to an activating group) is 1. The first-order valence-corrected chi connectivity index (χ1v) is 7.50. The molecule has 1 aromatic carbocycles. The van der Waals surface area contributed by atoms with Gasteiger partial charge in [0.05, 0.1) is 12.2 Å². The number of benzene rings is 1. The van der Waals surface area contributed by atoms with Crippen LogP contribution in [0.3, 0.4) is 0 Å². The molecule has 5 heteroatoms. The second-order valence-corrected chi connectivity index (χ2v) is 5.87. The first kappa shape index (κ1) is 18.0. The quantitative estimate of drug-likeness (QED) is 0.756. The largest absolute Gasteiger partial charge is 0.462 e. The Balaban J connectivity index is 2.84. The zero-order chi connectivity index (χ0) is 16.8. The van der Waals surface area contributed by atoms with Crippen molar-refractivity contribution in [3.8, 4) is 0 Å². The lowest BCUT2D eigenvalue weighted by Crippen LogP contribution is -2.35. The molecule has 0 N–H and O–H groups in total. The zero-order valence-corrected chi connectivity index (χ0v) is 14.0. The standard InChI is InChI=1S/C17H25NO4/c1-6-18(12-15(19)22-17(3,4)5)14-10-8-9-13(11-14)16(20)21-7-2/h8-11H,6-7,12H2,1-5H3. The van der Waals surface area contributed by atoms with Crippen molar-refractivity contribution in [2.45, 2.75) is 40.2 Å². The van der Waals surface area contributed by atoms with Gasteiger partial charge in [-0.15, -0.1) is 0 Å². The average Bonchev–Trinajstić information content (AvgIpc) is 2.43. The summed E-state index contributed by atoms with van der Waals surface area (Å²) in [6.45, 7) is 10.3. The van der Waals surface area contributed by atoms with Crippen molar-refractivity contribution in [1.82, 2.24) is 0 Å². The molecule has 0 unspecified atom stereocenters. The summed E-state index contributed by atoms with van der Waals surface area (Å²) in [5.41, 5.74) is 0.754. The van der Waals surface area contributed by atoms with Crippen molar-refractivity contribution in [2.24, 2.45) is 0 Å². The van der Waals surface area contributed by atoms with Gasteiger partial charge in [-0.3, -0.25) is 4.79 Å². The van der Waals surface area contributed by atoms with Crippen molar-refractivity contribution >= 4 is 17.6 Å². The van der Waals surface area contributed by atoms with E-state index in [0.29, 0.717) is 18.7 Å². The maximum Gasteiger partial charge on any atom is 0.338 e. The van der Waals surface area contributed by atoms with Gasteiger partial charge in [0, 0.05) is 12.2 Å². The van der Waals surface area contributed by atoms with E-state index in [9.17, 15) is 9.59 Å². The molecule has 0 radical (unpaired) electrons. The normalized spacial score (nSPS) is 11.0. The van der Waals surface area contributed by atoms with Crippen LogP contribution in [0.2, 0.25) is 0 Å².